The zero-order valence-corrected chi connectivity index (χ0v) is 13.9. The van der Waals surface area contributed by atoms with E-state index in [0.29, 0.717) is 0 Å². The molecule has 106 valence electrons. The highest BCUT2D eigenvalue weighted by molar-refractivity contribution is 9.10. The van der Waals surface area contributed by atoms with Crippen LogP contribution in [0.1, 0.15) is 28.4 Å². The van der Waals surface area contributed by atoms with E-state index in [4.69, 9.17) is 16.3 Å². The second-order valence-electron chi connectivity index (χ2n) is 4.75. The van der Waals surface area contributed by atoms with Gasteiger partial charge in [0.25, 0.3) is 0 Å². The Hall–Kier alpha value is -1.03. The lowest BCUT2D eigenvalue weighted by Gasteiger charge is -2.17. The highest BCUT2D eigenvalue weighted by atomic mass is 79.9. The van der Waals surface area contributed by atoms with Gasteiger partial charge in [-0.15, -0.1) is 0 Å². The van der Waals surface area contributed by atoms with Crippen molar-refractivity contribution in [3.8, 4) is 5.75 Å². The van der Waals surface area contributed by atoms with Crippen LogP contribution in [0.2, 0.25) is 5.02 Å². The van der Waals surface area contributed by atoms with Crippen LogP contribution in [0.5, 0.6) is 5.75 Å². The van der Waals surface area contributed by atoms with Crippen LogP contribution in [0.3, 0.4) is 0 Å². The third-order valence-corrected chi connectivity index (χ3v) is 4.36. The van der Waals surface area contributed by atoms with Crippen molar-refractivity contribution in [3.05, 3.63) is 62.1 Å². The second kappa shape index (κ2) is 6.17. The maximum atomic E-state index is 10.6. The number of methoxy groups -OCH3 is 1. The van der Waals surface area contributed by atoms with Crippen molar-refractivity contribution in [1.82, 2.24) is 0 Å². The molecular weight excluding hydrogens is 340 g/mol. The number of hydrogen-bond acceptors (Lipinski definition) is 2. The van der Waals surface area contributed by atoms with E-state index in [-0.39, 0.29) is 0 Å². The Morgan fingerprint density at radius 1 is 1.15 bits per heavy atom. The number of ether oxygens (including phenoxy) is 1. The smallest absolute Gasteiger partial charge is 0.133 e. The molecule has 1 atom stereocenters. The van der Waals surface area contributed by atoms with Gasteiger partial charge in [-0.1, -0.05) is 23.7 Å². The minimum atomic E-state index is -0.687. The van der Waals surface area contributed by atoms with E-state index in [1.54, 1.807) is 7.11 Å². The van der Waals surface area contributed by atoms with Crippen LogP contribution in [0.15, 0.2) is 34.8 Å². The van der Waals surface area contributed by atoms with E-state index in [1.807, 2.05) is 44.2 Å². The summed E-state index contributed by atoms with van der Waals surface area (Å²) in [5.74, 6) is 0.741. The number of benzene rings is 2. The second-order valence-corrected chi connectivity index (χ2v) is 6.02. The van der Waals surface area contributed by atoms with Crippen molar-refractivity contribution in [2.24, 2.45) is 0 Å². The monoisotopic (exact) mass is 354 g/mol. The van der Waals surface area contributed by atoms with Crippen molar-refractivity contribution < 1.29 is 9.84 Å². The molecule has 0 heterocycles. The molecule has 2 nitrogen and oxygen atoms in total. The molecule has 2 aromatic carbocycles. The fourth-order valence-electron chi connectivity index (χ4n) is 2.13. The summed E-state index contributed by atoms with van der Waals surface area (Å²) in [6.07, 6.45) is -0.687. The van der Waals surface area contributed by atoms with Crippen molar-refractivity contribution in [2.45, 2.75) is 20.0 Å². The number of halogens is 2. The molecule has 0 spiro atoms. The van der Waals surface area contributed by atoms with Gasteiger partial charge in [0.1, 0.15) is 11.9 Å². The van der Waals surface area contributed by atoms with E-state index >= 15 is 0 Å². The molecule has 0 amide bonds. The number of aliphatic hydroxyl groups is 1. The maximum Gasteiger partial charge on any atom is 0.133 e. The molecule has 1 unspecified atom stereocenters. The van der Waals surface area contributed by atoms with Crippen LogP contribution in [0.4, 0.5) is 0 Å². The first kappa shape index (κ1) is 15.4. The zero-order valence-electron chi connectivity index (χ0n) is 11.6. The Morgan fingerprint density at radius 2 is 1.85 bits per heavy atom. The van der Waals surface area contributed by atoms with Crippen LogP contribution in [0.25, 0.3) is 0 Å². The quantitative estimate of drug-likeness (QED) is 0.856. The van der Waals surface area contributed by atoms with Gasteiger partial charge in [-0.2, -0.15) is 0 Å². The lowest BCUT2D eigenvalue weighted by molar-refractivity contribution is 0.219. The third kappa shape index (κ3) is 3.00. The van der Waals surface area contributed by atoms with E-state index < -0.39 is 6.10 Å². The highest BCUT2D eigenvalue weighted by Gasteiger charge is 2.15. The van der Waals surface area contributed by atoms with Crippen molar-refractivity contribution >= 4 is 27.5 Å². The molecular formula is C16H16BrClO2. The average molecular weight is 356 g/mol. The SMILES string of the molecule is COc1ccc(C(O)c2cc(C)c(Cl)cc2C)cc1Br. The van der Waals surface area contributed by atoms with Gasteiger partial charge in [0.05, 0.1) is 11.6 Å². The summed E-state index contributed by atoms with van der Waals surface area (Å²) in [5, 5.41) is 11.3. The van der Waals surface area contributed by atoms with Gasteiger partial charge in [-0.3, -0.25) is 0 Å². The van der Waals surface area contributed by atoms with Gasteiger partial charge < -0.3 is 9.84 Å². The van der Waals surface area contributed by atoms with E-state index in [0.717, 1.165) is 37.5 Å². The molecule has 0 aliphatic heterocycles. The number of hydrogen-bond donors (Lipinski definition) is 1. The Kier molecular flexibility index (Phi) is 4.74. The topological polar surface area (TPSA) is 29.5 Å². The van der Waals surface area contributed by atoms with Crippen LogP contribution in [-0.2, 0) is 0 Å². The van der Waals surface area contributed by atoms with Crippen molar-refractivity contribution in [1.29, 1.82) is 0 Å². The summed E-state index contributed by atoms with van der Waals surface area (Å²) in [7, 11) is 1.61. The number of aryl methyl sites for hydroxylation is 2. The van der Waals surface area contributed by atoms with Gasteiger partial charge >= 0.3 is 0 Å². The molecule has 20 heavy (non-hydrogen) atoms. The third-order valence-electron chi connectivity index (χ3n) is 3.33. The largest absolute Gasteiger partial charge is 0.496 e. The predicted molar refractivity (Wildman–Crippen MR) is 85.7 cm³/mol. The molecule has 0 bridgehead atoms. The summed E-state index contributed by atoms with van der Waals surface area (Å²) >= 11 is 9.53. The average Bonchev–Trinajstić information content (AvgIpc) is 2.42. The van der Waals surface area contributed by atoms with Gasteiger partial charge in [-0.25, -0.2) is 0 Å². The van der Waals surface area contributed by atoms with Crippen LogP contribution < -0.4 is 4.74 Å². The Labute approximate surface area is 132 Å². The van der Waals surface area contributed by atoms with E-state index in [1.165, 1.54) is 0 Å². The Balaban J connectivity index is 2.43. The van der Waals surface area contributed by atoms with Crippen LogP contribution in [-0.4, -0.2) is 12.2 Å². The molecule has 0 aromatic heterocycles. The zero-order chi connectivity index (χ0) is 14.9. The minimum absolute atomic E-state index is 0.687. The molecule has 1 N–H and O–H groups in total. The lowest BCUT2D eigenvalue weighted by Crippen LogP contribution is -2.03. The molecule has 0 fully saturated rings. The fourth-order valence-corrected chi connectivity index (χ4v) is 2.91. The number of rotatable bonds is 3. The standard InChI is InChI=1S/C16H16BrClO2/c1-9-7-14(18)10(2)6-12(9)16(19)11-4-5-15(20-3)13(17)8-11/h4-8,16,19H,1-3H3. The molecule has 2 rings (SSSR count). The van der Waals surface area contributed by atoms with Gasteiger partial charge in [0, 0.05) is 5.02 Å². The molecule has 4 heteroatoms. The van der Waals surface area contributed by atoms with Gasteiger partial charge in [0.15, 0.2) is 0 Å². The summed E-state index contributed by atoms with van der Waals surface area (Å²) in [6, 6.07) is 9.37. The maximum absolute atomic E-state index is 10.6. The summed E-state index contributed by atoms with van der Waals surface area (Å²) in [4.78, 5) is 0. The van der Waals surface area contributed by atoms with Gasteiger partial charge in [-0.05, 0) is 70.2 Å². The fraction of sp³-hybridized carbons (Fsp3) is 0.250. The first-order valence-electron chi connectivity index (χ1n) is 6.22. The molecule has 2 aromatic rings. The predicted octanol–water partition coefficient (Wildman–Crippen LogP) is 4.81. The highest BCUT2D eigenvalue weighted by Crippen LogP contribution is 2.33. The summed E-state index contributed by atoms with van der Waals surface area (Å²) in [5.41, 5.74) is 3.60. The van der Waals surface area contributed by atoms with E-state index in [2.05, 4.69) is 15.9 Å². The molecule has 0 aliphatic rings. The Morgan fingerprint density at radius 3 is 2.45 bits per heavy atom. The van der Waals surface area contributed by atoms with Gasteiger partial charge in [0.2, 0.25) is 0 Å². The van der Waals surface area contributed by atoms with E-state index in [9.17, 15) is 5.11 Å². The molecule has 0 saturated heterocycles. The summed E-state index contributed by atoms with van der Waals surface area (Å²) < 4.78 is 6.02. The van der Waals surface area contributed by atoms with Crippen LogP contribution in [0, 0.1) is 13.8 Å². The van der Waals surface area contributed by atoms with Crippen molar-refractivity contribution in [3.63, 3.8) is 0 Å². The first-order chi connectivity index (χ1) is 9.43. The normalized spacial score (nSPS) is 12.3. The Bertz CT molecular complexity index is 641. The molecule has 0 radical (unpaired) electrons. The van der Waals surface area contributed by atoms with Crippen molar-refractivity contribution in [2.75, 3.05) is 7.11 Å². The first-order valence-corrected chi connectivity index (χ1v) is 7.39. The molecule has 0 saturated carbocycles. The number of aliphatic hydroxyl groups excluding tert-OH is 1. The summed E-state index contributed by atoms with van der Waals surface area (Å²) in [6.45, 7) is 3.88. The van der Waals surface area contributed by atoms with Crippen LogP contribution >= 0.6 is 27.5 Å². The minimum Gasteiger partial charge on any atom is -0.496 e. The molecule has 0 aliphatic carbocycles. The lowest BCUT2D eigenvalue weighted by atomic mass is 9.96.